The highest BCUT2D eigenvalue weighted by molar-refractivity contribution is 5.72. The molecule has 0 heterocycles. The van der Waals surface area contributed by atoms with Crippen molar-refractivity contribution in [3.05, 3.63) is 0 Å². The summed E-state index contributed by atoms with van der Waals surface area (Å²) in [5, 5.41) is 0. The molecule has 0 aromatic heterocycles. The van der Waals surface area contributed by atoms with E-state index in [1.54, 1.807) is 0 Å². The lowest BCUT2D eigenvalue weighted by Crippen LogP contribution is -2.34. The Kier molecular flexibility index (Phi) is 7.85. The van der Waals surface area contributed by atoms with Gasteiger partial charge in [0.15, 0.2) is 0 Å². The number of alkyl halides is 1. The van der Waals surface area contributed by atoms with Gasteiger partial charge in [0.2, 0.25) is 0 Å². The van der Waals surface area contributed by atoms with Crippen molar-refractivity contribution in [2.45, 2.75) is 103 Å². The third-order valence-corrected chi connectivity index (χ3v) is 6.06. The summed E-state index contributed by atoms with van der Waals surface area (Å²) in [6.45, 7) is 4.28. The van der Waals surface area contributed by atoms with Crippen molar-refractivity contribution in [3.63, 3.8) is 0 Å². The SMILES string of the molecule is CCCCCC1CCC(C(=O)OC2CCC(CC)C(F)C2)CC1. The van der Waals surface area contributed by atoms with Crippen molar-refractivity contribution in [1.29, 1.82) is 0 Å². The normalized spacial score (nSPS) is 35.0. The van der Waals surface area contributed by atoms with Gasteiger partial charge in [-0.05, 0) is 50.4 Å². The highest BCUT2D eigenvalue weighted by Gasteiger charge is 2.34. The third kappa shape index (κ3) is 5.76. The van der Waals surface area contributed by atoms with E-state index in [9.17, 15) is 9.18 Å². The van der Waals surface area contributed by atoms with E-state index in [2.05, 4.69) is 6.92 Å². The Labute approximate surface area is 141 Å². The fourth-order valence-electron chi connectivity index (χ4n) is 4.34. The first-order valence-electron chi connectivity index (χ1n) is 9.98. The van der Waals surface area contributed by atoms with E-state index >= 15 is 0 Å². The first-order chi connectivity index (χ1) is 11.1. The molecule has 0 N–H and O–H groups in total. The summed E-state index contributed by atoms with van der Waals surface area (Å²) in [5.41, 5.74) is 0. The van der Waals surface area contributed by atoms with Gasteiger partial charge in [0.05, 0.1) is 5.92 Å². The smallest absolute Gasteiger partial charge is 0.309 e. The summed E-state index contributed by atoms with van der Waals surface area (Å²) >= 11 is 0. The molecule has 0 spiro atoms. The van der Waals surface area contributed by atoms with E-state index in [0.717, 1.165) is 50.9 Å². The predicted molar refractivity (Wildman–Crippen MR) is 92.0 cm³/mol. The average molecular weight is 326 g/mol. The largest absolute Gasteiger partial charge is 0.462 e. The molecule has 2 aliphatic rings. The van der Waals surface area contributed by atoms with Gasteiger partial charge in [-0.1, -0.05) is 46.0 Å². The number of ether oxygens (including phenoxy) is 1. The molecule has 3 atom stereocenters. The molecule has 2 aliphatic carbocycles. The highest BCUT2D eigenvalue weighted by atomic mass is 19.1. The van der Waals surface area contributed by atoms with Crippen LogP contribution in [-0.4, -0.2) is 18.2 Å². The van der Waals surface area contributed by atoms with E-state index in [4.69, 9.17) is 4.74 Å². The quantitative estimate of drug-likeness (QED) is 0.434. The molecule has 2 nitrogen and oxygen atoms in total. The lowest BCUT2D eigenvalue weighted by molar-refractivity contribution is -0.158. The zero-order valence-electron chi connectivity index (χ0n) is 15.1. The van der Waals surface area contributed by atoms with Crippen LogP contribution in [0.4, 0.5) is 4.39 Å². The summed E-state index contributed by atoms with van der Waals surface area (Å²) in [4.78, 5) is 12.3. The minimum Gasteiger partial charge on any atom is -0.462 e. The van der Waals surface area contributed by atoms with Crippen molar-refractivity contribution in [1.82, 2.24) is 0 Å². The van der Waals surface area contributed by atoms with Crippen LogP contribution in [0.5, 0.6) is 0 Å². The second-order valence-corrected chi connectivity index (χ2v) is 7.77. The molecule has 134 valence electrons. The number of hydrogen-bond donors (Lipinski definition) is 0. The number of carbonyl (C=O) groups is 1. The molecule has 3 heteroatoms. The first-order valence-corrected chi connectivity index (χ1v) is 9.98. The number of rotatable bonds is 7. The van der Waals surface area contributed by atoms with E-state index in [1.807, 2.05) is 6.92 Å². The van der Waals surface area contributed by atoms with Crippen LogP contribution in [-0.2, 0) is 9.53 Å². The number of esters is 1. The molecule has 0 aliphatic heterocycles. The molecule has 0 amide bonds. The van der Waals surface area contributed by atoms with Gasteiger partial charge in [-0.2, -0.15) is 0 Å². The lowest BCUT2D eigenvalue weighted by Gasteiger charge is -2.33. The van der Waals surface area contributed by atoms with Crippen LogP contribution in [0.3, 0.4) is 0 Å². The Morgan fingerprint density at radius 2 is 1.78 bits per heavy atom. The third-order valence-electron chi connectivity index (χ3n) is 6.06. The molecule has 0 bridgehead atoms. The number of unbranched alkanes of at least 4 members (excludes halogenated alkanes) is 2. The molecule has 3 unspecified atom stereocenters. The predicted octanol–water partition coefficient (Wildman–Crippen LogP) is 5.83. The fourth-order valence-corrected chi connectivity index (χ4v) is 4.34. The molecule has 0 aromatic carbocycles. The molecule has 0 radical (unpaired) electrons. The molecule has 0 saturated heterocycles. The molecule has 2 fully saturated rings. The van der Waals surface area contributed by atoms with E-state index in [0.29, 0.717) is 6.42 Å². The van der Waals surface area contributed by atoms with Crippen LogP contribution in [0, 0.1) is 17.8 Å². The van der Waals surface area contributed by atoms with Gasteiger partial charge in [0.25, 0.3) is 0 Å². The van der Waals surface area contributed by atoms with Gasteiger partial charge in [-0.3, -0.25) is 4.79 Å². The molecule has 2 rings (SSSR count). The second kappa shape index (κ2) is 9.64. The monoisotopic (exact) mass is 326 g/mol. The highest BCUT2D eigenvalue weighted by Crippen LogP contribution is 2.35. The first kappa shape index (κ1) is 18.7. The van der Waals surface area contributed by atoms with Gasteiger partial charge in [0.1, 0.15) is 12.3 Å². The Balaban J connectivity index is 1.67. The standard InChI is InChI=1S/C20H35FO2/c1-3-5-6-7-15-8-10-17(11-9-15)20(22)23-18-13-12-16(4-2)19(21)14-18/h15-19H,3-14H2,1-2H3. The van der Waals surface area contributed by atoms with Crippen LogP contribution < -0.4 is 0 Å². The summed E-state index contributed by atoms with van der Waals surface area (Å²) in [6, 6.07) is 0. The van der Waals surface area contributed by atoms with Gasteiger partial charge < -0.3 is 4.74 Å². The van der Waals surface area contributed by atoms with Gasteiger partial charge >= 0.3 is 5.97 Å². The van der Waals surface area contributed by atoms with Crippen LogP contribution in [0.2, 0.25) is 0 Å². The van der Waals surface area contributed by atoms with E-state index in [1.165, 1.54) is 25.7 Å². The van der Waals surface area contributed by atoms with Crippen LogP contribution >= 0.6 is 0 Å². The molecular weight excluding hydrogens is 291 g/mol. The maximum atomic E-state index is 14.0. The van der Waals surface area contributed by atoms with Gasteiger partial charge in [0, 0.05) is 6.42 Å². The minimum absolute atomic E-state index is 0.0517. The van der Waals surface area contributed by atoms with E-state index < -0.39 is 6.17 Å². The zero-order valence-corrected chi connectivity index (χ0v) is 15.1. The van der Waals surface area contributed by atoms with E-state index in [-0.39, 0.29) is 23.9 Å². The zero-order chi connectivity index (χ0) is 16.7. The molecule has 0 aromatic rings. The lowest BCUT2D eigenvalue weighted by atomic mass is 9.79. The van der Waals surface area contributed by atoms with Gasteiger partial charge in [-0.15, -0.1) is 0 Å². The summed E-state index contributed by atoms with van der Waals surface area (Å²) in [5.74, 6) is 0.993. The van der Waals surface area contributed by atoms with Crippen LogP contribution in [0.1, 0.15) is 90.9 Å². The van der Waals surface area contributed by atoms with Gasteiger partial charge in [-0.25, -0.2) is 4.39 Å². The van der Waals surface area contributed by atoms with Crippen LogP contribution in [0.25, 0.3) is 0 Å². The van der Waals surface area contributed by atoms with Crippen molar-refractivity contribution in [2.75, 3.05) is 0 Å². The Morgan fingerprint density at radius 1 is 1.04 bits per heavy atom. The Hall–Kier alpha value is -0.600. The number of carbonyl (C=O) groups excluding carboxylic acids is 1. The summed E-state index contributed by atoms with van der Waals surface area (Å²) < 4.78 is 19.6. The Morgan fingerprint density at radius 3 is 2.39 bits per heavy atom. The average Bonchev–Trinajstić information content (AvgIpc) is 2.56. The Bertz CT molecular complexity index is 350. The van der Waals surface area contributed by atoms with Crippen molar-refractivity contribution in [2.24, 2.45) is 17.8 Å². The second-order valence-electron chi connectivity index (χ2n) is 7.77. The fraction of sp³-hybridized carbons (Fsp3) is 0.950. The van der Waals surface area contributed by atoms with Crippen molar-refractivity contribution >= 4 is 5.97 Å². The molecule has 2 saturated carbocycles. The molecule has 23 heavy (non-hydrogen) atoms. The number of halogens is 1. The summed E-state index contributed by atoms with van der Waals surface area (Å²) in [6.07, 6.45) is 11.6. The maximum absolute atomic E-state index is 14.0. The minimum atomic E-state index is -0.791. The summed E-state index contributed by atoms with van der Waals surface area (Å²) in [7, 11) is 0. The maximum Gasteiger partial charge on any atom is 0.309 e. The van der Waals surface area contributed by atoms with Crippen LogP contribution in [0.15, 0.2) is 0 Å². The molecular formula is C20H35FO2. The number of hydrogen-bond acceptors (Lipinski definition) is 2. The topological polar surface area (TPSA) is 26.3 Å². The van der Waals surface area contributed by atoms with Crippen molar-refractivity contribution < 1.29 is 13.9 Å². The van der Waals surface area contributed by atoms with Crippen molar-refractivity contribution in [3.8, 4) is 0 Å².